The number of nitrogens with one attached hydrogen (secondary N) is 1. The van der Waals surface area contributed by atoms with Gasteiger partial charge in [0, 0.05) is 4.47 Å². The first-order valence-corrected chi connectivity index (χ1v) is 6.74. The van der Waals surface area contributed by atoms with Gasteiger partial charge in [-0.05, 0) is 40.2 Å². The fourth-order valence-corrected chi connectivity index (χ4v) is 2.03. The van der Waals surface area contributed by atoms with E-state index in [0.29, 0.717) is 11.1 Å². The first-order valence-electron chi connectivity index (χ1n) is 5.94. The van der Waals surface area contributed by atoms with Crippen LogP contribution in [0.5, 0.6) is 0 Å². The Balaban J connectivity index is 1.96. The van der Waals surface area contributed by atoms with Gasteiger partial charge in [-0.25, -0.2) is 4.39 Å². The maximum atomic E-state index is 13.3. The Kier molecular flexibility index (Phi) is 4.91. The van der Waals surface area contributed by atoms with E-state index in [9.17, 15) is 9.18 Å². The molecule has 0 bridgehead atoms. The van der Waals surface area contributed by atoms with Gasteiger partial charge in [0.05, 0.1) is 17.7 Å². The van der Waals surface area contributed by atoms with Gasteiger partial charge in [-0.1, -0.05) is 36.1 Å². The number of rotatable bonds is 2. The highest BCUT2D eigenvalue weighted by Gasteiger charge is 2.07. The molecule has 0 heterocycles. The van der Waals surface area contributed by atoms with Crippen molar-refractivity contribution in [2.75, 3.05) is 6.54 Å². The fourth-order valence-electron chi connectivity index (χ4n) is 1.57. The molecule has 0 spiro atoms. The molecule has 100 valence electrons. The minimum absolute atomic E-state index is 0.161. The van der Waals surface area contributed by atoms with Gasteiger partial charge >= 0.3 is 0 Å². The van der Waals surface area contributed by atoms with Crippen molar-refractivity contribution in [2.45, 2.75) is 0 Å². The molecule has 2 aromatic rings. The molecule has 4 heteroatoms. The van der Waals surface area contributed by atoms with E-state index in [1.807, 2.05) is 6.07 Å². The summed E-state index contributed by atoms with van der Waals surface area (Å²) in [6.45, 7) is 0.161. The molecular formula is C16H11BrFNO. The van der Waals surface area contributed by atoms with Crippen molar-refractivity contribution in [3.05, 3.63) is 69.9 Å². The second-order valence-corrected chi connectivity index (χ2v) is 4.80. The Hall–Kier alpha value is -2.12. The molecule has 0 aliphatic rings. The summed E-state index contributed by atoms with van der Waals surface area (Å²) in [6, 6.07) is 13.4. The third-order valence-electron chi connectivity index (χ3n) is 2.55. The van der Waals surface area contributed by atoms with Crippen molar-refractivity contribution in [1.29, 1.82) is 0 Å². The van der Waals surface area contributed by atoms with Gasteiger partial charge in [0.1, 0.15) is 5.82 Å². The van der Waals surface area contributed by atoms with Gasteiger partial charge in [0.2, 0.25) is 0 Å². The average Bonchev–Trinajstić information content (AvgIpc) is 2.45. The Morgan fingerprint density at radius 3 is 2.60 bits per heavy atom. The predicted molar refractivity (Wildman–Crippen MR) is 79.8 cm³/mol. The SMILES string of the molecule is O=C(NCC#Cc1ccccc1F)c1ccccc1Br. The van der Waals surface area contributed by atoms with E-state index in [0.717, 1.165) is 4.47 Å². The molecule has 0 radical (unpaired) electrons. The summed E-state index contributed by atoms with van der Waals surface area (Å²) in [5.74, 6) is 4.82. The van der Waals surface area contributed by atoms with E-state index < -0.39 is 0 Å². The molecule has 0 aliphatic heterocycles. The van der Waals surface area contributed by atoms with Gasteiger partial charge in [0.15, 0.2) is 0 Å². The number of carbonyl (C=O) groups is 1. The second kappa shape index (κ2) is 6.88. The number of hydrogen-bond acceptors (Lipinski definition) is 1. The molecule has 0 saturated carbocycles. The lowest BCUT2D eigenvalue weighted by atomic mass is 10.2. The van der Waals surface area contributed by atoms with E-state index in [2.05, 4.69) is 33.1 Å². The van der Waals surface area contributed by atoms with Crippen LogP contribution >= 0.6 is 15.9 Å². The molecule has 1 amide bonds. The fraction of sp³-hybridized carbons (Fsp3) is 0.0625. The zero-order valence-corrected chi connectivity index (χ0v) is 12.1. The normalized spacial score (nSPS) is 9.50. The summed E-state index contributed by atoms with van der Waals surface area (Å²) in [5.41, 5.74) is 0.864. The van der Waals surface area contributed by atoms with Gasteiger partial charge in [-0.2, -0.15) is 0 Å². The third kappa shape index (κ3) is 3.69. The number of carbonyl (C=O) groups excluding carboxylic acids is 1. The Morgan fingerprint density at radius 1 is 1.15 bits per heavy atom. The first kappa shape index (κ1) is 14.3. The monoisotopic (exact) mass is 331 g/mol. The van der Waals surface area contributed by atoms with Crippen molar-refractivity contribution in [1.82, 2.24) is 5.32 Å². The Bertz CT molecular complexity index is 688. The molecule has 1 N–H and O–H groups in total. The van der Waals surface area contributed by atoms with Crippen molar-refractivity contribution >= 4 is 21.8 Å². The highest BCUT2D eigenvalue weighted by atomic mass is 79.9. The maximum absolute atomic E-state index is 13.3. The van der Waals surface area contributed by atoms with Crippen molar-refractivity contribution in [3.63, 3.8) is 0 Å². The smallest absolute Gasteiger partial charge is 0.253 e. The van der Waals surface area contributed by atoms with Crippen LogP contribution in [0.2, 0.25) is 0 Å². The molecule has 0 unspecified atom stereocenters. The molecule has 0 fully saturated rings. The average molecular weight is 332 g/mol. The molecule has 20 heavy (non-hydrogen) atoms. The summed E-state index contributed by atoms with van der Waals surface area (Å²) < 4.78 is 14.0. The van der Waals surface area contributed by atoms with Gasteiger partial charge in [-0.15, -0.1) is 0 Å². The predicted octanol–water partition coefficient (Wildman–Crippen LogP) is 3.37. The largest absolute Gasteiger partial charge is 0.341 e. The lowest BCUT2D eigenvalue weighted by molar-refractivity contribution is 0.0958. The van der Waals surface area contributed by atoms with E-state index in [1.54, 1.807) is 36.4 Å². The zero-order chi connectivity index (χ0) is 14.4. The van der Waals surface area contributed by atoms with Crippen molar-refractivity contribution in [3.8, 4) is 11.8 Å². The van der Waals surface area contributed by atoms with Crippen LogP contribution in [0, 0.1) is 17.7 Å². The third-order valence-corrected chi connectivity index (χ3v) is 3.24. The minimum Gasteiger partial charge on any atom is -0.341 e. The van der Waals surface area contributed by atoms with Gasteiger partial charge in [0.25, 0.3) is 5.91 Å². The van der Waals surface area contributed by atoms with Crippen molar-refractivity contribution < 1.29 is 9.18 Å². The molecule has 0 saturated heterocycles. The number of amides is 1. The lowest BCUT2D eigenvalue weighted by Crippen LogP contribution is -2.23. The van der Waals surface area contributed by atoms with Crippen LogP contribution in [0.1, 0.15) is 15.9 Å². The quantitative estimate of drug-likeness (QED) is 0.840. The summed E-state index contributed by atoms with van der Waals surface area (Å²) in [5, 5.41) is 2.66. The molecular weight excluding hydrogens is 321 g/mol. The summed E-state index contributed by atoms with van der Waals surface area (Å²) in [6.07, 6.45) is 0. The van der Waals surface area contributed by atoms with Crippen LogP contribution in [0.15, 0.2) is 53.0 Å². The highest BCUT2D eigenvalue weighted by Crippen LogP contribution is 2.15. The standard InChI is InChI=1S/C16H11BrFNO/c17-14-9-3-2-8-13(14)16(20)19-11-5-7-12-6-1-4-10-15(12)18/h1-4,6,8-10H,11H2,(H,19,20). The topological polar surface area (TPSA) is 29.1 Å². The molecule has 2 aromatic carbocycles. The number of hydrogen-bond donors (Lipinski definition) is 1. The van der Waals surface area contributed by atoms with E-state index in [4.69, 9.17) is 0 Å². The molecule has 2 nitrogen and oxygen atoms in total. The zero-order valence-electron chi connectivity index (χ0n) is 10.5. The molecule has 2 rings (SSSR count). The molecule has 0 atom stereocenters. The van der Waals surface area contributed by atoms with Crippen LogP contribution in [-0.4, -0.2) is 12.5 Å². The summed E-state index contributed by atoms with van der Waals surface area (Å²) in [7, 11) is 0. The summed E-state index contributed by atoms with van der Waals surface area (Å²) in [4.78, 5) is 11.9. The van der Waals surface area contributed by atoms with Crippen LogP contribution in [0.3, 0.4) is 0 Å². The van der Waals surface area contributed by atoms with Gasteiger partial charge in [-0.3, -0.25) is 4.79 Å². The molecule has 0 aliphatic carbocycles. The van der Waals surface area contributed by atoms with Crippen LogP contribution in [0.25, 0.3) is 0 Å². The minimum atomic E-state index is -0.364. The van der Waals surface area contributed by atoms with Crippen LogP contribution in [-0.2, 0) is 0 Å². The lowest BCUT2D eigenvalue weighted by Gasteiger charge is -2.03. The molecule has 0 aromatic heterocycles. The van der Waals surface area contributed by atoms with Gasteiger partial charge < -0.3 is 5.32 Å². The highest BCUT2D eigenvalue weighted by molar-refractivity contribution is 9.10. The van der Waals surface area contributed by atoms with Crippen LogP contribution < -0.4 is 5.32 Å². The van der Waals surface area contributed by atoms with Crippen molar-refractivity contribution in [2.24, 2.45) is 0 Å². The van der Waals surface area contributed by atoms with Crippen LogP contribution in [0.4, 0.5) is 4.39 Å². The second-order valence-electron chi connectivity index (χ2n) is 3.94. The Morgan fingerprint density at radius 2 is 1.85 bits per heavy atom. The van der Waals surface area contributed by atoms with E-state index >= 15 is 0 Å². The Labute approximate surface area is 125 Å². The number of benzene rings is 2. The first-order chi connectivity index (χ1) is 9.68. The van der Waals surface area contributed by atoms with E-state index in [-0.39, 0.29) is 18.3 Å². The number of halogens is 2. The maximum Gasteiger partial charge on any atom is 0.253 e. The summed E-state index contributed by atoms with van der Waals surface area (Å²) >= 11 is 3.31. The van der Waals surface area contributed by atoms with E-state index in [1.165, 1.54) is 6.07 Å².